The molecule has 138 valence electrons. The molecule has 4 heteroatoms. The second-order valence-corrected chi connectivity index (χ2v) is 6.25. The van der Waals surface area contributed by atoms with Crippen molar-refractivity contribution in [1.82, 2.24) is 9.80 Å². The fraction of sp³-hybridized carbons (Fsp3) is 0.800. The minimum atomic E-state index is -0.212. The molecule has 0 aliphatic heterocycles. The Labute approximate surface area is 149 Å². The van der Waals surface area contributed by atoms with E-state index in [4.69, 9.17) is 0 Å². The average Bonchev–Trinajstić information content (AvgIpc) is 2.59. The number of unbranched alkanes of at least 4 members (excludes halogenated alkanes) is 4. The molecule has 0 aliphatic rings. The zero-order chi connectivity index (χ0) is 18.2. The molecule has 0 spiro atoms. The molecule has 0 atom stereocenters. The first-order chi connectivity index (χ1) is 11.6. The molecular weight excluding hydrogens is 300 g/mol. The minimum absolute atomic E-state index is 0.212. The molecule has 0 aromatic carbocycles. The molecule has 0 aromatic rings. The summed E-state index contributed by atoms with van der Waals surface area (Å²) in [5.74, 6) is 4.74. The van der Waals surface area contributed by atoms with Crippen molar-refractivity contribution in [3.05, 3.63) is 0 Å². The first-order valence-corrected chi connectivity index (χ1v) is 9.70. The largest absolute Gasteiger partial charge is 0.332 e. The maximum absolute atomic E-state index is 12.3. The van der Waals surface area contributed by atoms with Crippen LogP contribution in [0.3, 0.4) is 0 Å². The van der Waals surface area contributed by atoms with Crippen LogP contribution >= 0.6 is 0 Å². The van der Waals surface area contributed by atoms with Gasteiger partial charge in [0.1, 0.15) is 0 Å². The molecule has 0 aliphatic carbocycles. The smallest absolute Gasteiger partial charge is 0.298 e. The summed E-state index contributed by atoms with van der Waals surface area (Å²) in [5.41, 5.74) is 0. The number of amides is 2. The summed E-state index contributed by atoms with van der Waals surface area (Å²) in [6, 6.07) is 0. The van der Waals surface area contributed by atoms with E-state index in [1.807, 2.05) is 0 Å². The molecule has 2 amide bonds. The number of hydrogen-bond acceptors (Lipinski definition) is 2. The lowest BCUT2D eigenvalue weighted by Gasteiger charge is -2.20. The first-order valence-electron chi connectivity index (χ1n) is 9.70. The summed E-state index contributed by atoms with van der Waals surface area (Å²) in [5, 5.41) is 0. The van der Waals surface area contributed by atoms with E-state index in [1.54, 1.807) is 9.80 Å². The van der Waals surface area contributed by atoms with Gasteiger partial charge in [-0.05, 0) is 25.7 Å². The predicted octanol–water partition coefficient (Wildman–Crippen LogP) is 3.85. The van der Waals surface area contributed by atoms with Gasteiger partial charge in [0.2, 0.25) is 0 Å². The van der Waals surface area contributed by atoms with Crippen LogP contribution in [0, 0.1) is 11.8 Å². The Morgan fingerprint density at radius 2 is 0.833 bits per heavy atom. The molecule has 0 N–H and O–H groups in total. The van der Waals surface area contributed by atoms with Gasteiger partial charge in [-0.25, -0.2) is 0 Å². The van der Waals surface area contributed by atoms with Crippen LogP contribution in [0.25, 0.3) is 0 Å². The second kappa shape index (κ2) is 15.1. The summed E-state index contributed by atoms with van der Waals surface area (Å²) >= 11 is 0. The molecule has 0 bridgehead atoms. The Morgan fingerprint density at radius 1 is 0.583 bits per heavy atom. The topological polar surface area (TPSA) is 40.6 Å². The number of hydrogen-bond donors (Lipinski definition) is 0. The van der Waals surface area contributed by atoms with Gasteiger partial charge in [0.15, 0.2) is 0 Å². The van der Waals surface area contributed by atoms with E-state index in [1.165, 1.54) is 0 Å². The Kier molecular flexibility index (Phi) is 14.1. The normalized spacial score (nSPS) is 10.0. The van der Waals surface area contributed by atoms with Gasteiger partial charge in [0.05, 0.1) is 0 Å². The summed E-state index contributed by atoms with van der Waals surface area (Å²) in [7, 11) is 0. The fourth-order valence-corrected chi connectivity index (χ4v) is 2.29. The Bertz CT molecular complexity index is 358. The number of nitrogens with zero attached hydrogens (tertiary/aromatic N) is 2. The first kappa shape index (κ1) is 22.5. The van der Waals surface area contributed by atoms with E-state index < -0.39 is 0 Å². The molecule has 0 heterocycles. The highest BCUT2D eigenvalue weighted by atomic mass is 16.2. The van der Waals surface area contributed by atoms with Crippen molar-refractivity contribution in [3.63, 3.8) is 0 Å². The molecule has 0 rings (SSSR count). The summed E-state index contributed by atoms with van der Waals surface area (Å²) in [6.07, 6.45) is 8.09. The van der Waals surface area contributed by atoms with Gasteiger partial charge in [-0.2, -0.15) is 0 Å². The van der Waals surface area contributed by atoms with Crippen molar-refractivity contribution in [3.8, 4) is 11.8 Å². The second-order valence-electron chi connectivity index (χ2n) is 6.25. The van der Waals surface area contributed by atoms with Crippen molar-refractivity contribution < 1.29 is 9.59 Å². The predicted molar refractivity (Wildman–Crippen MR) is 101 cm³/mol. The van der Waals surface area contributed by atoms with Crippen molar-refractivity contribution >= 4 is 11.8 Å². The van der Waals surface area contributed by atoms with E-state index >= 15 is 0 Å². The lowest BCUT2D eigenvalue weighted by Crippen LogP contribution is -2.34. The molecule has 0 aromatic heterocycles. The van der Waals surface area contributed by atoms with Gasteiger partial charge in [-0.15, -0.1) is 0 Å². The molecule has 4 nitrogen and oxygen atoms in total. The van der Waals surface area contributed by atoms with Crippen LogP contribution in [0.4, 0.5) is 0 Å². The Hall–Kier alpha value is -1.50. The number of carbonyl (C=O) groups excluding carboxylic acids is 2. The van der Waals surface area contributed by atoms with Crippen molar-refractivity contribution in [1.29, 1.82) is 0 Å². The van der Waals surface area contributed by atoms with Gasteiger partial charge in [-0.3, -0.25) is 9.59 Å². The highest BCUT2D eigenvalue weighted by Gasteiger charge is 2.12. The van der Waals surface area contributed by atoms with Crippen LogP contribution in [0.2, 0.25) is 0 Å². The number of carbonyl (C=O) groups is 2. The summed E-state index contributed by atoms with van der Waals surface area (Å²) in [4.78, 5) is 28.2. The molecule has 0 unspecified atom stereocenters. The van der Waals surface area contributed by atoms with Crippen LogP contribution < -0.4 is 0 Å². The highest BCUT2D eigenvalue weighted by molar-refractivity contribution is 6.02. The van der Waals surface area contributed by atoms with Gasteiger partial charge < -0.3 is 9.80 Å². The average molecular weight is 337 g/mol. The zero-order valence-electron chi connectivity index (χ0n) is 16.2. The lowest BCUT2D eigenvalue weighted by molar-refractivity contribution is -0.127. The highest BCUT2D eigenvalue weighted by Crippen LogP contribution is 2.01. The van der Waals surface area contributed by atoms with E-state index in [2.05, 4.69) is 39.5 Å². The van der Waals surface area contributed by atoms with Crippen LogP contribution in [-0.4, -0.2) is 47.8 Å². The van der Waals surface area contributed by atoms with Gasteiger partial charge in [-0.1, -0.05) is 53.4 Å². The summed E-state index contributed by atoms with van der Waals surface area (Å²) in [6.45, 7) is 11.4. The van der Waals surface area contributed by atoms with Crippen molar-refractivity contribution in [2.45, 2.75) is 79.1 Å². The van der Waals surface area contributed by atoms with Gasteiger partial charge >= 0.3 is 0 Å². The van der Waals surface area contributed by atoms with Crippen molar-refractivity contribution in [2.24, 2.45) is 0 Å². The Balaban J connectivity index is 4.77. The van der Waals surface area contributed by atoms with Crippen LogP contribution in [0.5, 0.6) is 0 Å². The van der Waals surface area contributed by atoms with Gasteiger partial charge in [0, 0.05) is 38.0 Å². The quantitative estimate of drug-likeness (QED) is 0.508. The summed E-state index contributed by atoms with van der Waals surface area (Å²) < 4.78 is 0. The molecule has 0 radical (unpaired) electrons. The van der Waals surface area contributed by atoms with Gasteiger partial charge in [0.25, 0.3) is 11.8 Å². The van der Waals surface area contributed by atoms with Crippen LogP contribution in [0.1, 0.15) is 79.1 Å². The molecule has 0 saturated heterocycles. The van der Waals surface area contributed by atoms with Crippen molar-refractivity contribution in [2.75, 3.05) is 26.2 Å². The van der Waals surface area contributed by atoms with Crippen LogP contribution in [-0.2, 0) is 9.59 Å². The zero-order valence-corrected chi connectivity index (χ0v) is 16.2. The maximum atomic E-state index is 12.3. The fourth-order valence-electron chi connectivity index (χ4n) is 2.29. The third kappa shape index (κ3) is 10.3. The molecular formula is C20H36N2O2. The monoisotopic (exact) mass is 336 g/mol. The third-order valence-corrected chi connectivity index (χ3v) is 3.98. The lowest BCUT2D eigenvalue weighted by atomic mass is 10.2. The maximum Gasteiger partial charge on any atom is 0.298 e. The Morgan fingerprint density at radius 3 is 1.04 bits per heavy atom. The van der Waals surface area contributed by atoms with Crippen LogP contribution in [0.15, 0.2) is 0 Å². The minimum Gasteiger partial charge on any atom is -0.332 e. The van der Waals surface area contributed by atoms with E-state index in [-0.39, 0.29) is 11.8 Å². The van der Waals surface area contributed by atoms with E-state index in [9.17, 15) is 9.59 Å². The molecule has 0 saturated carbocycles. The van der Waals surface area contributed by atoms with E-state index in [0.717, 1.165) is 77.5 Å². The standard InChI is InChI=1S/C20H36N2O2/c1-5-9-15-21(16-10-6-2)19(23)13-14-20(24)22(17-11-7-3)18-12-8-4/h5-12,15-18H2,1-4H3. The molecule has 24 heavy (non-hydrogen) atoms. The number of rotatable bonds is 12. The third-order valence-electron chi connectivity index (χ3n) is 3.98. The van der Waals surface area contributed by atoms with E-state index in [0.29, 0.717) is 0 Å². The molecule has 0 fully saturated rings. The SMILES string of the molecule is CCCCN(CCCC)C(=O)C#CC(=O)N(CCCC)CCCC.